The van der Waals surface area contributed by atoms with E-state index in [4.69, 9.17) is 9.47 Å². The highest BCUT2D eigenvalue weighted by Crippen LogP contribution is 2.34. The number of carbonyl (C=O) groups is 1. The van der Waals surface area contributed by atoms with Crippen LogP contribution in [0.15, 0.2) is 24.3 Å². The summed E-state index contributed by atoms with van der Waals surface area (Å²) in [6.07, 6.45) is 2.52. The maximum atomic E-state index is 11.2. The highest BCUT2D eigenvalue weighted by Gasteiger charge is 2.31. The number of rotatable bonds is 8. The summed E-state index contributed by atoms with van der Waals surface area (Å²) in [5.74, 6) is 1.24. The van der Waals surface area contributed by atoms with Crippen molar-refractivity contribution in [1.29, 1.82) is 0 Å². The first kappa shape index (κ1) is 14.7. The largest absolute Gasteiger partial charge is 0.484 e. The van der Waals surface area contributed by atoms with Crippen LogP contribution in [0.2, 0.25) is 0 Å². The molecule has 5 heteroatoms. The van der Waals surface area contributed by atoms with Gasteiger partial charge in [-0.15, -0.1) is 0 Å². The molecule has 0 heterocycles. The van der Waals surface area contributed by atoms with Crippen molar-refractivity contribution in [2.45, 2.75) is 18.9 Å². The fourth-order valence-corrected chi connectivity index (χ4v) is 2.08. The van der Waals surface area contributed by atoms with Crippen molar-refractivity contribution in [1.82, 2.24) is 5.32 Å². The minimum Gasteiger partial charge on any atom is -0.484 e. The van der Waals surface area contributed by atoms with Crippen molar-refractivity contribution in [2.24, 2.45) is 5.92 Å². The van der Waals surface area contributed by atoms with Gasteiger partial charge in [0.05, 0.1) is 12.6 Å². The molecule has 0 bridgehead atoms. The van der Waals surface area contributed by atoms with Crippen LogP contribution in [0.25, 0.3) is 0 Å². The van der Waals surface area contributed by atoms with E-state index in [9.17, 15) is 4.79 Å². The lowest BCUT2D eigenvalue weighted by atomic mass is 10.2. The van der Waals surface area contributed by atoms with Gasteiger partial charge in [-0.05, 0) is 30.9 Å². The molecule has 5 nitrogen and oxygen atoms in total. The maximum absolute atomic E-state index is 11.2. The number of benzene rings is 1. The Morgan fingerprint density at radius 1 is 1.45 bits per heavy atom. The van der Waals surface area contributed by atoms with E-state index in [2.05, 4.69) is 10.6 Å². The molecular weight excluding hydrogens is 256 g/mol. The summed E-state index contributed by atoms with van der Waals surface area (Å²) in [6, 6.07) is 8.01. The van der Waals surface area contributed by atoms with Crippen LogP contribution in [0.3, 0.4) is 0 Å². The lowest BCUT2D eigenvalue weighted by molar-refractivity contribution is -0.122. The first-order valence-corrected chi connectivity index (χ1v) is 6.92. The van der Waals surface area contributed by atoms with Crippen LogP contribution in [-0.4, -0.2) is 39.3 Å². The molecule has 2 N–H and O–H groups in total. The predicted octanol–water partition coefficient (Wildman–Crippen LogP) is 1.65. The molecule has 110 valence electrons. The molecule has 1 aromatic rings. The van der Waals surface area contributed by atoms with Crippen molar-refractivity contribution in [3.8, 4) is 5.75 Å². The SMILES string of the molecule is CNC(=O)COc1cccc(NC(COC)C2CC2)c1. The number of carbonyl (C=O) groups excluding carboxylic acids is 1. The van der Waals surface area contributed by atoms with E-state index in [1.807, 2.05) is 24.3 Å². The number of hydrogen-bond acceptors (Lipinski definition) is 4. The maximum Gasteiger partial charge on any atom is 0.257 e. The van der Waals surface area contributed by atoms with E-state index >= 15 is 0 Å². The summed E-state index contributed by atoms with van der Waals surface area (Å²) in [4.78, 5) is 11.2. The van der Waals surface area contributed by atoms with Crippen molar-refractivity contribution >= 4 is 11.6 Å². The molecule has 20 heavy (non-hydrogen) atoms. The van der Waals surface area contributed by atoms with E-state index in [0.717, 1.165) is 5.69 Å². The molecule has 0 spiro atoms. The summed E-state index contributed by atoms with van der Waals surface area (Å²) in [6.45, 7) is 0.734. The number of nitrogens with one attached hydrogen (secondary N) is 2. The van der Waals surface area contributed by atoms with Crippen LogP contribution >= 0.6 is 0 Å². The van der Waals surface area contributed by atoms with Gasteiger partial charge in [-0.2, -0.15) is 0 Å². The lowest BCUT2D eigenvalue weighted by Gasteiger charge is -2.19. The van der Waals surface area contributed by atoms with Crippen LogP contribution in [0.1, 0.15) is 12.8 Å². The van der Waals surface area contributed by atoms with Gasteiger partial charge in [0.2, 0.25) is 0 Å². The number of likely N-dealkylation sites (N-methyl/N-ethyl adjacent to an activating group) is 1. The molecule has 0 radical (unpaired) electrons. The first-order valence-electron chi connectivity index (χ1n) is 6.92. The van der Waals surface area contributed by atoms with Crippen LogP contribution < -0.4 is 15.4 Å². The quantitative estimate of drug-likeness (QED) is 0.759. The third-order valence-electron chi connectivity index (χ3n) is 3.37. The zero-order valence-electron chi connectivity index (χ0n) is 12.0. The van der Waals surface area contributed by atoms with Crippen LogP contribution in [0.5, 0.6) is 5.75 Å². The van der Waals surface area contributed by atoms with Gasteiger partial charge in [-0.1, -0.05) is 6.07 Å². The van der Waals surface area contributed by atoms with Crippen molar-refractivity contribution < 1.29 is 14.3 Å². The molecule has 1 atom stereocenters. The van der Waals surface area contributed by atoms with E-state index in [0.29, 0.717) is 24.3 Å². The smallest absolute Gasteiger partial charge is 0.257 e. The Morgan fingerprint density at radius 3 is 2.90 bits per heavy atom. The monoisotopic (exact) mass is 278 g/mol. The summed E-state index contributed by atoms with van der Waals surface area (Å²) < 4.78 is 10.7. The third kappa shape index (κ3) is 4.42. The number of methoxy groups -OCH3 is 1. The lowest BCUT2D eigenvalue weighted by Crippen LogP contribution is -2.27. The second kappa shape index (κ2) is 7.14. The average molecular weight is 278 g/mol. The fourth-order valence-electron chi connectivity index (χ4n) is 2.08. The molecule has 1 aromatic carbocycles. The van der Waals surface area contributed by atoms with Crippen LogP contribution in [0.4, 0.5) is 5.69 Å². The highest BCUT2D eigenvalue weighted by molar-refractivity contribution is 5.77. The van der Waals surface area contributed by atoms with Gasteiger partial charge in [0.15, 0.2) is 6.61 Å². The molecule has 2 rings (SSSR count). The summed E-state index contributed by atoms with van der Waals surface area (Å²) in [5.41, 5.74) is 0.994. The summed E-state index contributed by atoms with van der Waals surface area (Å²) in [7, 11) is 3.31. The molecular formula is C15H22N2O3. The molecule has 0 saturated heterocycles. The summed E-state index contributed by atoms with van der Waals surface area (Å²) >= 11 is 0. The number of anilines is 1. The Labute approximate surface area is 119 Å². The Morgan fingerprint density at radius 2 is 2.25 bits per heavy atom. The first-order chi connectivity index (χ1) is 9.72. The second-order valence-corrected chi connectivity index (χ2v) is 5.03. The van der Waals surface area contributed by atoms with Crippen molar-refractivity contribution in [3.05, 3.63) is 24.3 Å². The molecule has 1 amide bonds. The molecule has 0 aliphatic heterocycles. The number of amides is 1. The number of hydrogen-bond donors (Lipinski definition) is 2. The molecule has 1 saturated carbocycles. The van der Waals surface area contributed by atoms with Gasteiger partial charge in [-0.3, -0.25) is 4.79 Å². The minimum absolute atomic E-state index is 0.0318. The zero-order valence-corrected chi connectivity index (χ0v) is 12.0. The zero-order chi connectivity index (χ0) is 14.4. The molecule has 0 aromatic heterocycles. The Hall–Kier alpha value is -1.75. The normalized spacial score (nSPS) is 15.5. The Kier molecular flexibility index (Phi) is 5.24. The van der Waals surface area contributed by atoms with Crippen molar-refractivity contribution in [2.75, 3.05) is 32.7 Å². The Balaban J connectivity index is 1.92. The molecule has 1 unspecified atom stereocenters. The van der Waals surface area contributed by atoms with Gasteiger partial charge >= 0.3 is 0 Å². The van der Waals surface area contributed by atoms with Gasteiger partial charge in [-0.25, -0.2) is 0 Å². The minimum atomic E-state index is -0.140. The van der Waals surface area contributed by atoms with Crippen LogP contribution in [0, 0.1) is 5.92 Å². The van der Waals surface area contributed by atoms with Gasteiger partial charge in [0.25, 0.3) is 5.91 Å². The average Bonchev–Trinajstić information content (AvgIpc) is 3.29. The van der Waals surface area contributed by atoms with Crippen molar-refractivity contribution in [3.63, 3.8) is 0 Å². The third-order valence-corrected chi connectivity index (χ3v) is 3.37. The van der Waals surface area contributed by atoms with E-state index in [-0.39, 0.29) is 12.5 Å². The number of ether oxygens (including phenoxy) is 2. The highest BCUT2D eigenvalue weighted by atomic mass is 16.5. The predicted molar refractivity (Wildman–Crippen MR) is 78.0 cm³/mol. The second-order valence-electron chi connectivity index (χ2n) is 5.03. The van der Waals surface area contributed by atoms with E-state index in [1.165, 1.54) is 12.8 Å². The fraction of sp³-hybridized carbons (Fsp3) is 0.533. The van der Waals surface area contributed by atoms with E-state index in [1.54, 1.807) is 14.2 Å². The molecule has 1 fully saturated rings. The molecule has 1 aliphatic rings. The summed E-state index contributed by atoms with van der Waals surface area (Å²) in [5, 5.41) is 6.00. The topological polar surface area (TPSA) is 59.6 Å². The standard InChI is InChI=1S/C15H22N2O3/c1-16-15(18)10-20-13-5-3-4-12(8-13)17-14(9-19-2)11-6-7-11/h3-5,8,11,14,17H,6-7,9-10H2,1-2H3,(H,16,18). The Bertz CT molecular complexity index is 446. The van der Waals surface area contributed by atoms with E-state index < -0.39 is 0 Å². The van der Waals surface area contributed by atoms with Gasteiger partial charge in [0.1, 0.15) is 5.75 Å². The molecule has 1 aliphatic carbocycles. The van der Waals surface area contributed by atoms with Gasteiger partial charge < -0.3 is 20.1 Å². The van der Waals surface area contributed by atoms with Gasteiger partial charge in [0, 0.05) is 25.9 Å². The van der Waals surface area contributed by atoms with Crippen LogP contribution in [-0.2, 0) is 9.53 Å².